The zero-order valence-corrected chi connectivity index (χ0v) is 11.2. The van der Waals surface area contributed by atoms with Crippen LogP contribution in [0.3, 0.4) is 0 Å². The number of nitrogens with zero attached hydrogens (tertiary/aromatic N) is 1. The minimum atomic E-state index is -0.0655. The molecule has 0 aliphatic carbocycles. The van der Waals surface area contributed by atoms with E-state index in [0.29, 0.717) is 6.42 Å². The molecule has 0 spiro atoms. The van der Waals surface area contributed by atoms with Gasteiger partial charge < -0.3 is 9.64 Å². The Morgan fingerprint density at radius 3 is 2.78 bits per heavy atom. The molecule has 1 amide bonds. The Kier molecular flexibility index (Phi) is 4.37. The maximum absolute atomic E-state index is 12.1. The van der Waals surface area contributed by atoms with E-state index in [9.17, 15) is 4.79 Å². The molecule has 98 valence electrons. The average Bonchev–Trinajstić information content (AvgIpc) is 2.38. The molecule has 3 heteroatoms. The van der Waals surface area contributed by atoms with Crippen LogP contribution in [-0.2, 0) is 16.0 Å². The van der Waals surface area contributed by atoms with Crippen LogP contribution in [0.15, 0.2) is 24.3 Å². The van der Waals surface area contributed by atoms with Crippen molar-refractivity contribution in [3.05, 3.63) is 35.4 Å². The Bertz CT molecular complexity index is 399. The zero-order chi connectivity index (χ0) is 13.0. The Morgan fingerprint density at radius 1 is 1.39 bits per heavy atom. The van der Waals surface area contributed by atoms with E-state index in [1.54, 1.807) is 0 Å². The first-order valence-corrected chi connectivity index (χ1v) is 6.63. The number of carbonyl (C=O) groups is 1. The smallest absolute Gasteiger partial charge is 0.224 e. The topological polar surface area (TPSA) is 29.5 Å². The zero-order valence-electron chi connectivity index (χ0n) is 11.2. The van der Waals surface area contributed by atoms with Crippen molar-refractivity contribution in [2.75, 3.05) is 13.2 Å². The molecule has 0 saturated carbocycles. The van der Waals surface area contributed by atoms with Gasteiger partial charge in [0.2, 0.25) is 5.91 Å². The number of ether oxygens (including phenoxy) is 1. The minimum Gasteiger partial charge on any atom is -0.359 e. The lowest BCUT2D eigenvalue weighted by Gasteiger charge is -2.33. The molecule has 0 N–H and O–H groups in total. The molecule has 1 aliphatic heterocycles. The third kappa shape index (κ3) is 3.33. The van der Waals surface area contributed by atoms with Crippen LogP contribution in [-0.4, -0.2) is 30.2 Å². The predicted molar refractivity (Wildman–Crippen MR) is 71.2 cm³/mol. The largest absolute Gasteiger partial charge is 0.359 e. The summed E-state index contributed by atoms with van der Waals surface area (Å²) in [4.78, 5) is 13.9. The van der Waals surface area contributed by atoms with Gasteiger partial charge in [-0.25, -0.2) is 0 Å². The molecule has 1 aromatic rings. The second-order valence-electron chi connectivity index (χ2n) is 4.90. The molecule has 0 bridgehead atoms. The Labute approximate surface area is 109 Å². The summed E-state index contributed by atoms with van der Waals surface area (Å²) in [5, 5.41) is 0. The van der Waals surface area contributed by atoms with Gasteiger partial charge >= 0.3 is 0 Å². The molecule has 1 fully saturated rings. The van der Waals surface area contributed by atoms with Crippen molar-refractivity contribution in [2.24, 2.45) is 0 Å². The van der Waals surface area contributed by atoms with E-state index in [4.69, 9.17) is 4.74 Å². The molecular weight excluding hydrogens is 226 g/mol. The van der Waals surface area contributed by atoms with E-state index >= 15 is 0 Å². The summed E-state index contributed by atoms with van der Waals surface area (Å²) in [6, 6.07) is 8.37. The number of amides is 1. The van der Waals surface area contributed by atoms with E-state index in [1.807, 2.05) is 11.8 Å². The fourth-order valence-electron chi connectivity index (χ4n) is 2.24. The molecule has 1 heterocycles. The molecule has 0 radical (unpaired) electrons. The van der Waals surface area contributed by atoms with Gasteiger partial charge in [-0.1, -0.05) is 29.8 Å². The van der Waals surface area contributed by atoms with Crippen molar-refractivity contribution in [1.29, 1.82) is 0 Å². The van der Waals surface area contributed by atoms with Gasteiger partial charge in [0.05, 0.1) is 6.61 Å². The number of rotatable bonds is 3. The maximum Gasteiger partial charge on any atom is 0.224 e. The number of benzene rings is 1. The third-order valence-corrected chi connectivity index (χ3v) is 3.41. The van der Waals surface area contributed by atoms with E-state index in [2.05, 4.69) is 31.2 Å². The van der Waals surface area contributed by atoms with Gasteiger partial charge in [0.15, 0.2) is 0 Å². The highest BCUT2D eigenvalue weighted by molar-refractivity contribution is 5.76. The van der Waals surface area contributed by atoms with Crippen molar-refractivity contribution in [3.63, 3.8) is 0 Å². The summed E-state index contributed by atoms with van der Waals surface area (Å²) < 4.78 is 5.48. The van der Waals surface area contributed by atoms with Crippen LogP contribution in [0.4, 0.5) is 0 Å². The van der Waals surface area contributed by atoms with Gasteiger partial charge in [0, 0.05) is 13.0 Å². The van der Waals surface area contributed by atoms with Crippen molar-refractivity contribution >= 4 is 5.91 Å². The normalized spacial score (nSPS) is 19.9. The van der Waals surface area contributed by atoms with E-state index in [-0.39, 0.29) is 12.1 Å². The highest BCUT2D eigenvalue weighted by Crippen LogP contribution is 2.13. The highest BCUT2D eigenvalue weighted by atomic mass is 16.5. The van der Waals surface area contributed by atoms with Crippen LogP contribution in [0.2, 0.25) is 0 Å². The second kappa shape index (κ2) is 6.01. The standard InChI is InChI=1S/C15H21NO2/c1-12-4-6-14(7-5-12)8-9-15(17)16-10-3-11-18-13(16)2/h4-7,13H,3,8-11H2,1-2H3. The molecule has 3 nitrogen and oxygen atoms in total. The van der Waals surface area contributed by atoms with Crippen LogP contribution in [0.5, 0.6) is 0 Å². The lowest BCUT2D eigenvalue weighted by molar-refractivity contribution is -0.151. The SMILES string of the molecule is Cc1ccc(CCC(=O)N2CCCOC2C)cc1. The Morgan fingerprint density at radius 2 is 2.11 bits per heavy atom. The summed E-state index contributed by atoms with van der Waals surface area (Å²) in [5.41, 5.74) is 2.47. The summed E-state index contributed by atoms with van der Waals surface area (Å²) in [6.07, 6.45) is 2.25. The van der Waals surface area contributed by atoms with Crippen molar-refractivity contribution in [2.45, 2.75) is 39.3 Å². The van der Waals surface area contributed by atoms with Gasteiger partial charge in [-0.15, -0.1) is 0 Å². The molecule has 1 aliphatic rings. The fourth-order valence-corrected chi connectivity index (χ4v) is 2.24. The molecule has 1 aromatic carbocycles. The molecule has 0 aromatic heterocycles. The Hall–Kier alpha value is -1.35. The third-order valence-electron chi connectivity index (χ3n) is 3.41. The average molecular weight is 247 g/mol. The Balaban J connectivity index is 1.85. The molecule has 1 saturated heterocycles. The molecule has 1 unspecified atom stereocenters. The predicted octanol–water partition coefficient (Wildman–Crippen LogP) is 2.52. The van der Waals surface area contributed by atoms with E-state index < -0.39 is 0 Å². The summed E-state index contributed by atoms with van der Waals surface area (Å²) in [5.74, 6) is 0.197. The first kappa shape index (κ1) is 13.1. The monoisotopic (exact) mass is 247 g/mol. The minimum absolute atomic E-state index is 0.0655. The molecule has 18 heavy (non-hydrogen) atoms. The number of aryl methyl sites for hydroxylation is 2. The maximum atomic E-state index is 12.1. The summed E-state index contributed by atoms with van der Waals surface area (Å²) >= 11 is 0. The van der Waals surface area contributed by atoms with Gasteiger partial charge in [0.1, 0.15) is 6.23 Å². The van der Waals surface area contributed by atoms with Crippen molar-refractivity contribution in [3.8, 4) is 0 Å². The van der Waals surface area contributed by atoms with Crippen LogP contribution in [0.1, 0.15) is 30.9 Å². The fraction of sp³-hybridized carbons (Fsp3) is 0.533. The second-order valence-corrected chi connectivity index (χ2v) is 4.90. The van der Waals surface area contributed by atoms with Gasteiger partial charge in [-0.2, -0.15) is 0 Å². The van der Waals surface area contributed by atoms with Crippen LogP contribution < -0.4 is 0 Å². The van der Waals surface area contributed by atoms with E-state index in [0.717, 1.165) is 26.0 Å². The van der Waals surface area contributed by atoms with Gasteiger partial charge in [-0.3, -0.25) is 4.79 Å². The number of carbonyl (C=O) groups excluding carboxylic acids is 1. The summed E-state index contributed by atoms with van der Waals surface area (Å²) in [6.45, 7) is 5.61. The van der Waals surface area contributed by atoms with Gasteiger partial charge in [0.25, 0.3) is 0 Å². The van der Waals surface area contributed by atoms with E-state index in [1.165, 1.54) is 11.1 Å². The first-order valence-electron chi connectivity index (χ1n) is 6.63. The number of hydrogen-bond acceptors (Lipinski definition) is 2. The van der Waals surface area contributed by atoms with Crippen LogP contribution in [0, 0.1) is 6.92 Å². The molecular formula is C15H21NO2. The first-order chi connectivity index (χ1) is 8.66. The molecule has 1 atom stereocenters. The highest BCUT2D eigenvalue weighted by Gasteiger charge is 2.23. The van der Waals surface area contributed by atoms with Gasteiger partial charge in [-0.05, 0) is 32.3 Å². The molecule has 2 rings (SSSR count). The lowest BCUT2D eigenvalue weighted by atomic mass is 10.1. The van der Waals surface area contributed by atoms with Crippen LogP contribution >= 0.6 is 0 Å². The van der Waals surface area contributed by atoms with Crippen LogP contribution in [0.25, 0.3) is 0 Å². The summed E-state index contributed by atoms with van der Waals surface area (Å²) in [7, 11) is 0. The van der Waals surface area contributed by atoms with Crippen molar-refractivity contribution in [1.82, 2.24) is 4.90 Å². The quantitative estimate of drug-likeness (QED) is 0.821. The van der Waals surface area contributed by atoms with Crippen molar-refractivity contribution < 1.29 is 9.53 Å². The lowest BCUT2D eigenvalue weighted by Crippen LogP contribution is -2.44. The number of hydrogen-bond donors (Lipinski definition) is 0.